The minimum absolute atomic E-state index is 0.0200. The lowest BCUT2D eigenvalue weighted by Gasteiger charge is -2.33. The first-order valence-corrected chi connectivity index (χ1v) is 10.2. The third-order valence-corrected chi connectivity index (χ3v) is 5.66. The van der Waals surface area contributed by atoms with Crippen LogP contribution in [0, 0.1) is 0 Å². The summed E-state index contributed by atoms with van der Waals surface area (Å²) in [6.45, 7) is 3.75. The van der Waals surface area contributed by atoms with Crippen LogP contribution < -0.4 is 5.32 Å². The smallest absolute Gasteiger partial charge is 0.318 e. The summed E-state index contributed by atoms with van der Waals surface area (Å²) < 4.78 is 5.33. The highest BCUT2D eigenvalue weighted by atomic mass is 16.5. The van der Waals surface area contributed by atoms with E-state index in [0.717, 1.165) is 48.8 Å². The van der Waals surface area contributed by atoms with Crippen molar-refractivity contribution >= 4 is 22.8 Å². The number of nitrogens with zero attached hydrogens (tertiary/aromatic N) is 2. The summed E-state index contributed by atoms with van der Waals surface area (Å²) in [5, 5.41) is 4.11. The van der Waals surface area contributed by atoms with Gasteiger partial charge in [0.05, 0.1) is 13.2 Å². The van der Waals surface area contributed by atoms with Crippen molar-refractivity contribution in [3.8, 4) is 0 Å². The topological polar surface area (TPSA) is 77.7 Å². The number of para-hydroxylation sites is 1. The number of carbonyl (C=O) groups is 2. The van der Waals surface area contributed by atoms with E-state index in [-0.39, 0.29) is 11.9 Å². The summed E-state index contributed by atoms with van der Waals surface area (Å²) in [5.74, 6) is 0.0200. The second-order valence-electron chi connectivity index (χ2n) is 7.55. The molecule has 2 fully saturated rings. The molecule has 0 radical (unpaired) electrons. The molecule has 1 aromatic heterocycles. The van der Waals surface area contributed by atoms with Crippen molar-refractivity contribution in [3.05, 3.63) is 36.0 Å². The summed E-state index contributed by atoms with van der Waals surface area (Å²) in [6.07, 6.45) is 5.65. The van der Waals surface area contributed by atoms with E-state index >= 15 is 0 Å². The van der Waals surface area contributed by atoms with Crippen LogP contribution in [0.3, 0.4) is 0 Å². The molecular formula is C21H28N4O3. The number of hydrogen-bond donors (Lipinski definition) is 2. The predicted molar refractivity (Wildman–Crippen MR) is 107 cm³/mol. The number of benzene rings is 1. The summed E-state index contributed by atoms with van der Waals surface area (Å²) in [5.41, 5.74) is 2.09. The molecule has 0 bridgehead atoms. The maximum absolute atomic E-state index is 13.2. The minimum Gasteiger partial charge on any atom is -0.378 e. The van der Waals surface area contributed by atoms with Gasteiger partial charge in [-0.2, -0.15) is 0 Å². The van der Waals surface area contributed by atoms with Crippen molar-refractivity contribution in [1.82, 2.24) is 20.1 Å². The first-order valence-electron chi connectivity index (χ1n) is 10.2. The third kappa shape index (κ3) is 4.14. The number of H-pyrrole nitrogens is 1. The number of nitrogens with one attached hydrogen (secondary N) is 2. The van der Waals surface area contributed by atoms with E-state index in [9.17, 15) is 9.59 Å². The number of ether oxygens (including phenoxy) is 1. The van der Waals surface area contributed by atoms with Crippen LogP contribution in [0.5, 0.6) is 0 Å². The summed E-state index contributed by atoms with van der Waals surface area (Å²) >= 11 is 0. The number of morpholine rings is 1. The number of likely N-dealkylation sites (tertiary alicyclic amines) is 1. The average molecular weight is 384 g/mol. The van der Waals surface area contributed by atoms with Crippen LogP contribution in [0.1, 0.15) is 24.8 Å². The van der Waals surface area contributed by atoms with Gasteiger partial charge in [0, 0.05) is 49.7 Å². The molecule has 2 aliphatic rings. The fraction of sp³-hybridized carbons (Fsp3) is 0.524. The first-order chi connectivity index (χ1) is 13.7. The zero-order valence-corrected chi connectivity index (χ0v) is 16.2. The molecule has 0 unspecified atom stereocenters. The molecule has 2 aromatic rings. The maximum Gasteiger partial charge on any atom is 0.318 e. The van der Waals surface area contributed by atoms with E-state index < -0.39 is 6.04 Å². The fourth-order valence-electron chi connectivity index (χ4n) is 4.06. The van der Waals surface area contributed by atoms with Gasteiger partial charge in [-0.05, 0) is 30.9 Å². The van der Waals surface area contributed by atoms with Crippen LogP contribution in [0.2, 0.25) is 0 Å². The molecule has 2 saturated heterocycles. The average Bonchev–Trinajstić information content (AvgIpc) is 3.17. The normalized spacial score (nSPS) is 18.9. The molecule has 7 heteroatoms. The Balaban J connectivity index is 1.53. The molecule has 2 N–H and O–H groups in total. The highest BCUT2D eigenvalue weighted by Crippen LogP contribution is 2.20. The molecule has 1 atom stereocenters. The van der Waals surface area contributed by atoms with Crippen LogP contribution in [0.15, 0.2) is 30.5 Å². The molecule has 3 heterocycles. The third-order valence-electron chi connectivity index (χ3n) is 5.66. The van der Waals surface area contributed by atoms with E-state index in [1.807, 2.05) is 35.4 Å². The van der Waals surface area contributed by atoms with Gasteiger partial charge < -0.3 is 24.8 Å². The molecule has 150 valence electrons. The number of fused-ring (bicyclic) bond motifs is 1. The lowest BCUT2D eigenvalue weighted by molar-refractivity contribution is -0.134. The number of carbonyl (C=O) groups excluding carboxylic acids is 2. The van der Waals surface area contributed by atoms with Crippen molar-refractivity contribution in [3.63, 3.8) is 0 Å². The SMILES string of the molecule is O=C(N[C@@H](Cc1c[nH]c2ccccc12)C(=O)N1CCCCC1)N1CCOCC1. The van der Waals surface area contributed by atoms with Gasteiger partial charge in [-0.15, -0.1) is 0 Å². The molecule has 1 aromatic carbocycles. The number of aromatic nitrogens is 1. The Morgan fingerprint density at radius 2 is 1.79 bits per heavy atom. The zero-order chi connectivity index (χ0) is 19.3. The van der Waals surface area contributed by atoms with Gasteiger partial charge in [0.25, 0.3) is 0 Å². The second kappa shape index (κ2) is 8.65. The highest BCUT2D eigenvalue weighted by molar-refractivity contribution is 5.89. The first kappa shape index (κ1) is 18.8. The molecule has 0 spiro atoms. The lowest BCUT2D eigenvalue weighted by Crippen LogP contribution is -2.55. The molecule has 7 nitrogen and oxygen atoms in total. The van der Waals surface area contributed by atoms with E-state index in [2.05, 4.69) is 10.3 Å². The minimum atomic E-state index is -0.562. The van der Waals surface area contributed by atoms with Gasteiger partial charge in [0.1, 0.15) is 6.04 Å². The van der Waals surface area contributed by atoms with Crippen LogP contribution >= 0.6 is 0 Å². The van der Waals surface area contributed by atoms with E-state index in [4.69, 9.17) is 4.74 Å². The quantitative estimate of drug-likeness (QED) is 0.848. The largest absolute Gasteiger partial charge is 0.378 e. The molecule has 2 aliphatic heterocycles. The number of rotatable bonds is 4. The van der Waals surface area contributed by atoms with Crippen LogP contribution in [-0.2, 0) is 16.0 Å². The van der Waals surface area contributed by atoms with Gasteiger partial charge in [0.2, 0.25) is 5.91 Å². The van der Waals surface area contributed by atoms with E-state index in [0.29, 0.717) is 32.7 Å². The fourth-order valence-corrected chi connectivity index (χ4v) is 4.06. The molecule has 0 aliphatic carbocycles. The number of urea groups is 1. The van der Waals surface area contributed by atoms with Gasteiger partial charge in [-0.1, -0.05) is 18.2 Å². The Labute approximate surface area is 165 Å². The second-order valence-corrected chi connectivity index (χ2v) is 7.55. The summed E-state index contributed by atoms with van der Waals surface area (Å²) in [4.78, 5) is 32.9. The Kier molecular flexibility index (Phi) is 5.81. The van der Waals surface area contributed by atoms with Gasteiger partial charge in [-0.25, -0.2) is 4.79 Å². The molecule has 0 saturated carbocycles. The number of aromatic amines is 1. The van der Waals surface area contributed by atoms with Crippen LogP contribution in [0.25, 0.3) is 10.9 Å². The number of amides is 3. The van der Waals surface area contributed by atoms with Crippen molar-refractivity contribution in [1.29, 1.82) is 0 Å². The molecule has 28 heavy (non-hydrogen) atoms. The van der Waals surface area contributed by atoms with Crippen LogP contribution in [0.4, 0.5) is 4.79 Å². The van der Waals surface area contributed by atoms with Gasteiger partial charge in [-0.3, -0.25) is 4.79 Å². The van der Waals surface area contributed by atoms with Crippen molar-refractivity contribution in [2.75, 3.05) is 39.4 Å². The number of piperidine rings is 1. The molecular weight excluding hydrogens is 356 g/mol. The Bertz CT molecular complexity index is 822. The summed E-state index contributed by atoms with van der Waals surface area (Å²) in [7, 11) is 0. The Morgan fingerprint density at radius 3 is 2.57 bits per heavy atom. The Morgan fingerprint density at radius 1 is 1.04 bits per heavy atom. The lowest BCUT2D eigenvalue weighted by atomic mass is 10.0. The monoisotopic (exact) mass is 384 g/mol. The highest BCUT2D eigenvalue weighted by Gasteiger charge is 2.29. The van der Waals surface area contributed by atoms with E-state index in [1.54, 1.807) is 4.90 Å². The van der Waals surface area contributed by atoms with E-state index in [1.165, 1.54) is 0 Å². The molecule has 4 rings (SSSR count). The zero-order valence-electron chi connectivity index (χ0n) is 16.2. The Hall–Kier alpha value is -2.54. The van der Waals surface area contributed by atoms with Crippen molar-refractivity contribution in [2.45, 2.75) is 31.7 Å². The van der Waals surface area contributed by atoms with Crippen LogP contribution in [-0.4, -0.2) is 72.2 Å². The summed E-state index contributed by atoms with van der Waals surface area (Å²) in [6, 6.07) is 7.30. The number of hydrogen-bond acceptors (Lipinski definition) is 3. The predicted octanol–water partition coefficient (Wildman–Crippen LogP) is 2.13. The standard InChI is InChI=1S/C21H28N4O3/c26-20(24-8-4-1-5-9-24)19(23-21(27)25-10-12-28-13-11-25)14-16-15-22-18-7-3-2-6-17(16)18/h2-3,6-7,15,19,22H,1,4-5,8-14H2,(H,23,27)/t19-/m0/s1. The van der Waals surface area contributed by atoms with Crippen molar-refractivity contribution in [2.24, 2.45) is 0 Å². The van der Waals surface area contributed by atoms with Gasteiger partial charge >= 0.3 is 6.03 Å². The van der Waals surface area contributed by atoms with Gasteiger partial charge in [0.15, 0.2) is 0 Å². The maximum atomic E-state index is 13.2. The molecule has 3 amide bonds. The van der Waals surface area contributed by atoms with Crippen molar-refractivity contribution < 1.29 is 14.3 Å².